The van der Waals surface area contributed by atoms with Crippen LogP contribution in [0.5, 0.6) is 0 Å². The molecule has 0 unspecified atom stereocenters. The van der Waals surface area contributed by atoms with Gasteiger partial charge in [-0.05, 0) is 12.1 Å². The van der Waals surface area contributed by atoms with Crippen LogP contribution in [0.25, 0.3) is 6.08 Å². The zero-order valence-electron chi connectivity index (χ0n) is 8.23. The number of nitrogens with zero attached hydrogens (tertiary/aromatic N) is 1. The number of para-hydroxylation sites is 1. The summed E-state index contributed by atoms with van der Waals surface area (Å²) < 4.78 is 4.46. The van der Waals surface area contributed by atoms with Gasteiger partial charge in [0.15, 0.2) is 0 Å². The maximum Gasteiger partial charge on any atom is 0.330 e. The number of carbonyl (C=O) groups excluding carboxylic acids is 1. The summed E-state index contributed by atoms with van der Waals surface area (Å²) in [6.45, 7) is 0. The van der Waals surface area contributed by atoms with Gasteiger partial charge in [-0.1, -0.05) is 18.2 Å². The minimum absolute atomic E-state index is 0.427. The first kappa shape index (κ1) is 10.9. The number of methoxy groups -OCH3 is 1. The molecule has 0 aliphatic carbocycles. The summed E-state index contributed by atoms with van der Waals surface area (Å²) in [6, 6.07) is 9.09. The van der Waals surface area contributed by atoms with Crippen molar-refractivity contribution in [3.8, 4) is 0 Å². The van der Waals surface area contributed by atoms with Crippen molar-refractivity contribution >= 4 is 23.7 Å². The lowest BCUT2D eigenvalue weighted by Gasteiger charge is -1.97. The molecule has 0 aliphatic rings. The van der Waals surface area contributed by atoms with E-state index in [4.69, 9.17) is 5.41 Å². The van der Waals surface area contributed by atoms with Crippen molar-refractivity contribution in [1.82, 2.24) is 0 Å². The van der Waals surface area contributed by atoms with Crippen molar-refractivity contribution in [2.75, 3.05) is 7.11 Å². The van der Waals surface area contributed by atoms with Crippen LogP contribution in [-0.4, -0.2) is 19.1 Å². The van der Waals surface area contributed by atoms with E-state index < -0.39 is 5.97 Å². The van der Waals surface area contributed by atoms with Crippen LogP contribution in [0, 0.1) is 5.41 Å². The average Bonchev–Trinajstić information content (AvgIpc) is 2.28. The molecule has 0 bridgehead atoms. The van der Waals surface area contributed by atoms with Crippen LogP contribution in [0.2, 0.25) is 0 Å². The Labute approximate surface area is 87.4 Å². The van der Waals surface area contributed by atoms with Crippen LogP contribution in [0.3, 0.4) is 0 Å². The van der Waals surface area contributed by atoms with Gasteiger partial charge in [0.1, 0.15) is 0 Å². The van der Waals surface area contributed by atoms with E-state index in [1.54, 1.807) is 24.3 Å². The van der Waals surface area contributed by atoms with Gasteiger partial charge in [0.25, 0.3) is 0 Å². The Morgan fingerprint density at radius 3 is 2.93 bits per heavy atom. The third-order valence-corrected chi connectivity index (χ3v) is 1.71. The number of nitrogens with one attached hydrogen (secondary N) is 1. The topological polar surface area (TPSA) is 62.5 Å². The lowest BCUT2D eigenvalue weighted by Crippen LogP contribution is -1.93. The lowest BCUT2D eigenvalue weighted by atomic mass is 10.1. The zero-order valence-corrected chi connectivity index (χ0v) is 8.23. The molecule has 4 heteroatoms. The molecule has 0 amide bonds. The van der Waals surface area contributed by atoms with Gasteiger partial charge in [-0.25, -0.2) is 10.2 Å². The van der Waals surface area contributed by atoms with Crippen LogP contribution in [-0.2, 0) is 9.53 Å². The Morgan fingerprint density at radius 1 is 1.53 bits per heavy atom. The summed E-state index contributed by atoms with van der Waals surface area (Å²) in [4.78, 5) is 14.6. The Hall–Kier alpha value is -2.19. The number of carbonyl (C=O) groups is 1. The molecule has 15 heavy (non-hydrogen) atoms. The van der Waals surface area contributed by atoms with E-state index in [0.717, 1.165) is 5.56 Å². The van der Waals surface area contributed by atoms with E-state index in [1.165, 1.54) is 13.2 Å². The number of ether oxygens (including phenoxy) is 1. The Balaban J connectivity index is 2.98. The summed E-state index contributed by atoms with van der Waals surface area (Å²) in [7, 11) is 1.31. The SMILES string of the molecule is COC(=O)/C=C/c1ccccc1N=C=N. The molecular weight excluding hydrogens is 192 g/mol. The minimum atomic E-state index is -0.427. The third-order valence-electron chi connectivity index (χ3n) is 1.71. The molecule has 76 valence electrons. The van der Waals surface area contributed by atoms with Gasteiger partial charge in [0.05, 0.1) is 18.8 Å². The maximum atomic E-state index is 10.9. The quantitative estimate of drug-likeness (QED) is 0.464. The second-order valence-corrected chi connectivity index (χ2v) is 2.64. The van der Waals surface area contributed by atoms with Crippen molar-refractivity contribution in [2.24, 2.45) is 4.99 Å². The number of hydrogen-bond acceptors (Lipinski definition) is 4. The average molecular weight is 202 g/mol. The molecule has 0 saturated heterocycles. The van der Waals surface area contributed by atoms with Crippen molar-refractivity contribution in [1.29, 1.82) is 5.41 Å². The highest BCUT2D eigenvalue weighted by Crippen LogP contribution is 2.19. The highest BCUT2D eigenvalue weighted by Gasteiger charge is 1.97. The number of hydrogen-bond donors (Lipinski definition) is 1. The van der Waals surface area contributed by atoms with Gasteiger partial charge in [0, 0.05) is 11.6 Å². The molecule has 1 aromatic rings. The van der Waals surface area contributed by atoms with Crippen LogP contribution < -0.4 is 0 Å². The minimum Gasteiger partial charge on any atom is -0.466 e. The van der Waals surface area contributed by atoms with E-state index in [9.17, 15) is 4.79 Å². The fourth-order valence-electron chi connectivity index (χ4n) is 1.02. The number of benzene rings is 1. The van der Waals surface area contributed by atoms with E-state index >= 15 is 0 Å². The lowest BCUT2D eigenvalue weighted by molar-refractivity contribution is -0.134. The van der Waals surface area contributed by atoms with Gasteiger partial charge in [-0.2, -0.15) is 4.99 Å². The molecule has 1 rings (SSSR count). The van der Waals surface area contributed by atoms with Crippen LogP contribution >= 0.6 is 0 Å². The third kappa shape index (κ3) is 3.21. The van der Waals surface area contributed by atoms with Gasteiger partial charge >= 0.3 is 5.97 Å². The molecule has 1 N–H and O–H groups in total. The molecule has 0 fully saturated rings. The van der Waals surface area contributed by atoms with Gasteiger partial charge in [0.2, 0.25) is 0 Å². The maximum absolute atomic E-state index is 10.9. The highest BCUT2D eigenvalue weighted by molar-refractivity contribution is 5.88. The van der Waals surface area contributed by atoms with Crippen molar-refractivity contribution in [2.45, 2.75) is 0 Å². The second-order valence-electron chi connectivity index (χ2n) is 2.64. The van der Waals surface area contributed by atoms with Crippen LogP contribution in [0.4, 0.5) is 5.69 Å². The Bertz CT molecular complexity index is 432. The predicted octanol–water partition coefficient (Wildman–Crippen LogP) is 2.26. The summed E-state index contributed by atoms with van der Waals surface area (Å²) in [6.07, 6.45) is 2.89. The molecule has 4 nitrogen and oxygen atoms in total. The van der Waals surface area contributed by atoms with Gasteiger partial charge in [-0.3, -0.25) is 0 Å². The first-order valence-corrected chi connectivity index (χ1v) is 4.25. The molecular formula is C11H10N2O2. The van der Waals surface area contributed by atoms with E-state index in [0.29, 0.717) is 5.69 Å². The molecule has 0 saturated carbocycles. The fourth-order valence-corrected chi connectivity index (χ4v) is 1.02. The van der Waals surface area contributed by atoms with E-state index in [1.807, 2.05) is 12.1 Å². The predicted molar refractivity (Wildman–Crippen MR) is 57.3 cm³/mol. The van der Waals surface area contributed by atoms with Crippen LogP contribution in [0.1, 0.15) is 5.56 Å². The summed E-state index contributed by atoms with van der Waals surface area (Å²) >= 11 is 0. The Morgan fingerprint density at radius 2 is 2.27 bits per heavy atom. The molecule has 0 heterocycles. The number of rotatable bonds is 3. The Kier molecular flexibility index (Phi) is 4.01. The van der Waals surface area contributed by atoms with Crippen molar-refractivity contribution in [3.05, 3.63) is 35.9 Å². The highest BCUT2D eigenvalue weighted by atomic mass is 16.5. The molecule has 0 aromatic heterocycles. The van der Waals surface area contributed by atoms with E-state index in [2.05, 4.69) is 9.73 Å². The normalized spacial score (nSPS) is 9.67. The monoisotopic (exact) mass is 202 g/mol. The zero-order chi connectivity index (χ0) is 11.1. The standard InChI is InChI=1S/C11H10N2O2/c1-15-11(14)7-6-9-4-2-3-5-10(9)13-8-12/h2-7,12H,1H3/b7-6+. The first-order chi connectivity index (χ1) is 7.27. The van der Waals surface area contributed by atoms with Gasteiger partial charge < -0.3 is 4.74 Å². The molecule has 0 radical (unpaired) electrons. The number of aliphatic imine (C=N–C) groups is 1. The summed E-state index contributed by atoms with van der Waals surface area (Å²) in [5, 5.41) is 6.76. The largest absolute Gasteiger partial charge is 0.466 e. The van der Waals surface area contributed by atoms with Gasteiger partial charge in [-0.15, -0.1) is 0 Å². The molecule has 0 atom stereocenters. The van der Waals surface area contributed by atoms with Crippen LogP contribution in [0.15, 0.2) is 35.3 Å². The van der Waals surface area contributed by atoms with Crippen molar-refractivity contribution < 1.29 is 9.53 Å². The molecule has 1 aromatic carbocycles. The first-order valence-electron chi connectivity index (χ1n) is 4.25. The molecule has 0 aliphatic heterocycles. The second kappa shape index (κ2) is 5.52. The van der Waals surface area contributed by atoms with Crippen molar-refractivity contribution in [3.63, 3.8) is 0 Å². The fraction of sp³-hybridized carbons (Fsp3) is 0.0909. The summed E-state index contributed by atoms with van der Waals surface area (Å²) in [5.41, 5.74) is 1.33. The summed E-state index contributed by atoms with van der Waals surface area (Å²) in [5.74, 6) is -0.427. The smallest absolute Gasteiger partial charge is 0.330 e. The van der Waals surface area contributed by atoms with E-state index in [-0.39, 0.29) is 0 Å². The molecule has 0 spiro atoms. The number of esters is 1.